The number of hydrogen-bond donors (Lipinski definition) is 1. The zero-order valence-corrected chi connectivity index (χ0v) is 13.5. The fourth-order valence-corrected chi connectivity index (χ4v) is 1.72. The highest BCUT2D eigenvalue weighted by molar-refractivity contribution is 5.94. The van der Waals surface area contributed by atoms with Gasteiger partial charge in [0, 0.05) is 6.08 Å². The fourth-order valence-electron chi connectivity index (χ4n) is 1.72. The van der Waals surface area contributed by atoms with Crippen LogP contribution in [0.15, 0.2) is 36.9 Å². The Kier molecular flexibility index (Phi) is 7.39. The van der Waals surface area contributed by atoms with Crippen molar-refractivity contribution in [1.82, 2.24) is 5.32 Å². The van der Waals surface area contributed by atoms with Crippen molar-refractivity contribution in [3.63, 3.8) is 0 Å². The summed E-state index contributed by atoms with van der Waals surface area (Å²) in [6, 6.07) is 4.57. The van der Waals surface area contributed by atoms with Crippen LogP contribution in [0.1, 0.15) is 12.5 Å². The summed E-state index contributed by atoms with van der Waals surface area (Å²) in [7, 11) is 2.80. The second-order valence-corrected chi connectivity index (χ2v) is 4.60. The van der Waals surface area contributed by atoms with Gasteiger partial charge in [0.15, 0.2) is 11.5 Å². The molecule has 6 heteroatoms. The van der Waals surface area contributed by atoms with Crippen molar-refractivity contribution >= 4 is 18.0 Å². The zero-order valence-electron chi connectivity index (χ0n) is 13.5. The molecule has 6 nitrogen and oxygen atoms in total. The smallest absolute Gasteiger partial charge is 0.328 e. The van der Waals surface area contributed by atoms with Crippen LogP contribution in [-0.4, -0.2) is 38.7 Å². The van der Waals surface area contributed by atoms with Crippen LogP contribution in [0, 0.1) is 0 Å². The van der Waals surface area contributed by atoms with Gasteiger partial charge in [-0.25, -0.2) is 4.79 Å². The normalized spacial score (nSPS) is 11.6. The molecule has 0 aromatic heterocycles. The average Bonchev–Trinajstić information content (AvgIpc) is 2.57. The van der Waals surface area contributed by atoms with E-state index in [0.29, 0.717) is 18.1 Å². The Bertz CT molecular complexity index is 595. The molecule has 0 saturated carbocycles. The van der Waals surface area contributed by atoms with Gasteiger partial charge in [0.1, 0.15) is 12.6 Å². The first-order valence-corrected chi connectivity index (χ1v) is 7.00. The Morgan fingerprint density at radius 1 is 1.30 bits per heavy atom. The first-order chi connectivity index (χ1) is 11.0. The van der Waals surface area contributed by atoms with E-state index in [1.54, 1.807) is 37.3 Å². The topological polar surface area (TPSA) is 73.9 Å². The number of esters is 1. The van der Waals surface area contributed by atoms with Crippen molar-refractivity contribution in [3.05, 3.63) is 42.5 Å². The molecule has 1 aromatic carbocycles. The van der Waals surface area contributed by atoms with Gasteiger partial charge in [-0.3, -0.25) is 4.79 Å². The third-order valence-corrected chi connectivity index (χ3v) is 2.89. The zero-order chi connectivity index (χ0) is 17.2. The van der Waals surface area contributed by atoms with Crippen molar-refractivity contribution in [2.75, 3.05) is 20.8 Å². The van der Waals surface area contributed by atoms with Crippen LogP contribution >= 0.6 is 0 Å². The lowest BCUT2D eigenvalue weighted by Crippen LogP contribution is -2.38. The predicted molar refractivity (Wildman–Crippen MR) is 87.3 cm³/mol. The van der Waals surface area contributed by atoms with Crippen LogP contribution < -0.4 is 14.8 Å². The van der Waals surface area contributed by atoms with Crippen LogP contribution in [0.3, 0.4) is 0 Å². The highest BCUT2D eigenvalue weighted by Gasteiger charge is 2.14. The second kappa shape index (κ2) is 9.30. The molecule has 0 saturated heterocycles. The molecule has 1 amide bonds. The van der Waals surface area contributed by atoms with Gasteiger partial charge in [-0.1, -0.05) is 18.7 Å². The van der Waals surface area contributed by atoms with Gasteiger partial charge in [0.2, 0.25) is 5.91 Å². The summed E-state index contributed by atoms with van der Waals surface area (Å²) in [6.45, 7) is 5.51. The van der Waals surface area contributed by atoms with E-state index >= 15 is 0 Å². The number of methoxy groups -OCH3 is 2. The van der Waals surface area contributed by atoms with Crippen LogP contribution in [0.4, 0.5) is 0 Å². The lowest BCUT2D eigenvalue weighted by Gasteiger charge is -2.10. The minimum Gasteiger partial charge on any atom is -0.493 e. The highest BCUT2D eigenvalue weighted by atomic mass is 16.5. The molecule has 1 aromatic rings. The summed E-state index contributed by atoms with van der Waals surface area (Å²) in [4.78, 5) is 23.0. The number of rotatable bonds is 8. The van der Waals surface area contributed by atoms with E-state index in [4.69, 9.17) is 9.47 Å². The number of carbonyl (C=O) groups is 2. The molecule has 0 bridgehead atoms. The first kappa shape index (κ1) is 18.3. The molecule has 1 N–H and O–H groups in total. The molecular formula is C17H21NO5. The van der Waals surface area contributed by atoms with E-state index in [2.05, 4.69) is 16.6 Å². The molecule has 0 fully saturated rings. The summed E-state index contributed by atoms with van der Waals surface area (Å²) < 4.78 is 15.2. The maximum absolute atomic E-state index is 11.7. The van der Waals surface area contributed by atoms with E-state index in [-0.39, 0.29) is 0 Å². The van der Waals surface area contributed by atoms with Gasteiger partial charge in [0.25, 0.3) is 0 Å². The summed E-state index contributed by atoms with van der Waals surface area (Å²) in [5.41, 5.74) is 0.758. The van der Waals surface area contributed by atoms with Gasteiger partial charge >= 0.3 is 5.97 Å². The molecule has 1 atom stereocenters. The Balaban J connectivity index is 2.74. The van der Waals surface area contributed by atoms with Crippen LogP contribution in [0.25, 0.3) is 6.08 Å². The minimum atomic E-state index is -0.707. The molecule has 1 rings (SSSR count). The van der Waals surface area contributed by atoms with E-state index < -0.39 is 17.9 Å². The first-order valence-electron chi connectivity index (χ1n) is 7.00. The Hall–Kier alpha value is -2.76. The van der Waals surface area contributed by atoms with Gasteiger partial charge in [-0.15, -0.1) is 0 Å². The van der Waals surface area contributed by atoms with Gasteiger partial charge in [-0.05, 0) is 30.7 Å². The molecule has 0 heterocycles. The summed E-state index contributed by atoms with van der Waals surface area (Å²) in [5, 5.41) is 2.50. The molecule has 0 radical (unpaired) electrons. The van der Waals surface area contributed by atoms with E-state index in [0.717, 1.165) is 5.56 Å². The highest BCUT2D eigenvalue weighted by Crippen LogP contribution is 2.28. The molecule has 23 heavy (non-hydrogen) atoms. The second-order valence-electron chi connectivity index (χ2n) is 4.60. The Morgan fingerprint density at radius 2 is 2.04 bits per heavy atom. The Labute approximate surface area is 135 Å². The number of ether oxygens (including phenoxy) is 3. The van der Waals surface area contributed by atoms with E-state index in [1.807, 2.05) is 0 Å². The average molecular weight is 319 g/mol. The van der Waals surface area contributed by atoms with Crippen molar-refractivity contribution in [2.24, 2.45) is 0 Å². The maximum atomic E-state index is 11.7. The maximum Gasteiger partial charge on any atom is 0.328 e. The number of nitrogens with one attached hydrogen (secondary N) is 1. The Morgan fingerprint density at radius 3 is 2.65 bits per heavy atom. The van der Waals surface area contributed by atoms with Crippen molar-refractivity contribution < 1.29 is 23.8 Å². The van der Waals surface area contributed by atoms with E-state index in [9.17, 15) is 9.59 Å². The number of amides is 1. The van der Waals surface area contributed by atoms with Crippen LogP contribution in [0.2, 0.25) is 0 Å². The van der Waals surface area contributed by atoms with Gasteiger partial charge in [0.05, 0.1) is 14.2 Å². The molecule has 0 spiro atoms. The standard InChI is InChI=1S/C17H21NO5/c1-5-10-23-14-8-6-13(11-15(14)21-3)7-9-16(19)18-12(2)17(20)22-4/h5-9,11-12H,1,10H2,2-4H3,(H,18,19)/b9-7+/t12-/m0/s1. The fraction of sp³-hybridized carbons (Fsp3) is 0.294. The molecule has 0 unspecified atom stereocenters. The van der Waals surface area contributed by atoms with Crippen molar-refractivity contribution in [1.29, 1.82) is 0 Å². The lowest BCUT2D eigenvalue weighted by molar-refractivity contribution is -0.144. The predicted octanol–water partition coefficient (Wildman–Crippen LogP) is 1.95. The number of benzene rings is 1. The molecular weight excluding hydrogens is 298 g/mol. The van der Waals surface area contributed by atoms with Crippen LogP contribution in [0.5, 0.6) is 11.5 Å². The monoisotopic (exact) mass is 319 g/mol. The summed E-state index contributed by atoms with van der Waals surface area (Å²) in [5.74, 6) is 0.247. The summed E-state index contributed by atoms with van der Waals surface area (Å²) in [6.07, 6.45) is 4.58. The van der Waals surface area contributed by atoms with Gasteiger partial charge in [-0.2, -0.15) is 0 Å². The number of hydrogen-bond acceptors (Lipinski definition) is 5. The SMILES string of the molecule is C=CCOc1ccc(/C=C/C(=O)N[C@@H](C)C(=O)OC)cc1OC. The third-order valence-electron chi connectivity index (χ3n) is 2.89. The van der Waals surface area contributed by atoms with Gasteiger partial charge < -0.3 is 19.5 Å². The summed E-state index contributed by atoms with van der Waals surface area (Å²) >= 11 is 0. The lowest BCUT2D eigenvalue weighted by atomic mass is 10.2. The third kappa shape index (κ3) is 5.86. The molecule has 124 valence electrons. The van der Waals surface area contributed by atoms with Crippen molar-refractivity contribution in [3.8, 4) is 11.5 Å². The minimum absolute atomic E-state index is 0.374. The number of carbonyl (C=O) groups excluding carboxylic acids is 2. The molecule has 0 aliphatic rings. The van der Waals surface area contributed by atoms with Crippen LogP contribution in [-0.2, 0) is 14.3 Å². The quantitative estimate of drug-likeness (QED) is 0.450. The molecule has 0 aliphatic heterocycles. The molecule has 0 aliphatic carbocycles. The van der Waals surface area contributed by atoms with Crippen molar-refractivity contribution in [2.45, 2.75) is 13.0 Å². The largest absolute Gasteiger partial charge is 0.493 e. The van der Waals surface area contributed by atoms with E-state index in [1.165, 1.54) is 20.3 Å².